The lowest BCUT2D eigenvalue weighted by molar-refractivity contribution is -0.137. The van der Waals surface area contributed by atoms with Gasteiger partial charge in [-0.25, -0.2) is 0 Å². The van der Waals surface area contributed by atoms with Crippen molar-refractivity contribution in [1.82, 2.24) is 0 Å². The van der Waals surface area contributed by atoms with Gasteiger partial charge >= 0.3 is 5.97 Å². The molecular formula is C21H38O4S. The van der Waals surface area contributed by atoms with Crippen LogP contribution in [0.15, 0.2) is 0 Å². The highest BCUT2D eigenvalue weighted by atomic mass is 32.2. The summed E-state index contributed by atoms with van der Waals surface area (Å²) in [6.45, 7) is 2.17. The van der Waals surface area contributed by atoms with Crippen molar-refractivity contribution in [3.05, 3.63) is 0 Å². The largest absolute Gasteiger partial charge is 0.481 e. The summed E-state index contributed by atoms with van der Waals surface area (Å²) in [5.41, 5.74) is 0. The van der Waals surface area contributed by atoms with Crippen LogP contribution in [0.25, 0.3) is 0 Å². The molecule has 4 nitrogen and oxygen atoms in total. The molecule has 0 aromatic rings. The van der Waals surface area contributed by atoms with Gasteiger partial charge in [-0.15, -0.1) is 0 Å². The van der Waals surface area contributed by atoms with Crippen LogP contribution < -0.4 is 0 Å². The average molecular weight is 387 g/mol. The van der Waals surface area contributed by atoms with Crippen molar-refractivity contribution < 1.29 is 19.7 Å². The minimum Gasteiger partial charge on any atom is -0.481 e. The van der Waals surface area contributed by atoms with Gasteiger partial charge in [-0.2, -0.15) is 11.8 Å². The Labute approximate surface area is 163 Å². The molecule has 2 saturated heterocycles. The molecule has 2 bridgehead atoms. The summed E-state index contributed by atoms with van der Waals surface area (Å²) >= 11 is 2.00. The minimum atomic E-state index is -0.677. The zero-order chi connectivity index (χ0) is 18.8. The molecule has 2 aliphatic rings. The molecular weight excluding hydrogens is 348 g/mol. The van der Waals surface area contributed by atoms with Crippen molar-refractivity contribution in [2.24, 2.45) is 11.8 Å². The Balaban J connectivity index is 1.60. The molecule has 5 atom stereocenters. The number of aliphatic carboxylic acids is 1. The second-order valence-corrected chi connectivity index (χ2v) is 9.27. The van der Waals surface area contributed by atoms with E-state index in [1.165, 1.54) is 31.4 Å². The summed E-state index contributed by atoms with van der Waals surface area (Å²) in [4.78, 5) is 10.6. The fraction of sp³-hybridized carbons (Fsp3) is 0.952. The van der Waals surface area contributed by atoms with Crippen LogP contribution in [-0.2, 0) is 9.53 Å². The van der Waals surface area contributed by atoms with Gasteiger partial charge in [0.1, 0.15) is 0 Å². The number of aliphatic hydroxyl groups is 1. The van der Waals surface area contributed by atoms with Crippen LogP contribution in [0.2, 0.25) is 0 Å². The Morgan fingerprint density at radius 2 is 1.81 bits per heavy atom. The van der Waals surface area contributed by atoms with Crippen LogP contribution in [0.5, 0.6) is 0 Å². The van der Waals surface area contributed by atoms with Crippen molar-refractivity contribution in [1.29, 1.82) is 0 Å². The van der Waals surface area contributed by atoms with Crippen LogP contribution in [0.1, 0.15) is 84.0 Å². The number of hydrogen-bond acceptors (Lipinski definition) is 4. The highest BCUT2D eigenvalue weighted by Crippen LogP contribution is 2.46. The van der Waals surface area contributed by atoms with Gasteiger partial charge in [0, 0.05) is 6.42 Å². The Kier molecular flexibility index (Phi) is 10.4. The normalized spacial score (nSPS) is 28.5. The maximum absolute atomic E-state index is 10.6. The number of rotatable bonds is 15. The predicted molar refractivity (Wildman–Crippen MR) is 108 cm³/mol. The molecule has 5 heteroatoms. The standard InChI is InChI=1S/C21H38O4S/c1-2-3-8-16(22)13-14-26-15-18-17(19-11-12-20(18)25-19)9-6-4-5-7-10-21(23)24/h16-20,22H,2-15H2,1H3,(H,23,24)/t16?,17-,18+,19-,20+/m1/s1. The van der Waals surface area contributed by atoms with Crippen molar-refractivity contribution in [3.8, 4) is 0 Å². The van der Waals surface area contributed by atoms with Crippen molar-refractivity contribution in [2.75, 3.05) is 11.5 Å². The second kappa shape index (κ2) is 12.2. The van der Waals surface area contributed by atoms with Crippen molar-refractivity contribution in [3.63, 3.8) is 0 Å². The Morgan fingerprint density at radius 3 is 2.54 bits per heavy atom. The molecule has 2 rings (SSSR count). The Bertz CT molecular complexity index is 403. The van der Waals surface area contributed by atoms with Crippen molar-refractivity contribution in [2.45, 2.75) is 102 Å². The molecule has 2 fully saturated rings. The first-order valence-corrected chi connectivity index (χ1v) is 11.9. The number of aliphatic hydroxyl groups excluding tert-OH is 1. The van der Waals surface area contributed by atoms with Gasteiger partial charge in [0.15, 0.2) is 0 Å². The number of carboxylic acids is 1. The van der Waals surface area contributed by atoms with Gasteiger partial charge in [-0.1, -0.05) is 39.0 Å². The fourth-order valence-electron chi connectivity index (χ4n) is 4.53. The summed E-state index contributed by atoms with van der Waals surface area (Å²) in [7, 11) is 0. The monoisotopic (exact) mass is 386 g/mol. The Hall–Kier alpha value is -0.260. The van der Waals surface area contributed by atoms with E-state index in [0.717, 1.165) is 50.7 Å². The van der Waals surface area contributed by atoms with Crippen LogP contribution in [-0.4, -0.2) is 46.0 Å². The molecule has 0 aliphatic carbocycles. The molecule has 0 radical (unpaired) electrons. The van der Waals surface area contributed by atoms with Gasteiger partial charge in [0.25, 0.3) is 0 Å². The van der Waals surface area contributed by atoms with E-state index < -0.39 is 5.97 Å². The van der Waals surface area contributed by atoms with Gasteiger partial charge < -0.3 is 14.9 Å². The molecule has 2 N–H and O–H groups in total. The number of unbranched alkanes of at least 4 members (excludes halogenated alkanes) is 4. The molecule has 0 spiro atoms. The zero-order valence-electron chi connectivity index (χ0n) is 16.4. The molecule has 0 aromatic heterocycles. The van der Waals surface area contributed by atoms with Crippen LogP contribution in [0, 0.1) is 11.8 Å². The molecule has 2 heterocycles. The number of fused-ring (bicyclic) bond motifs is 2. The molecule has 0 aromatic carbocycles. The van der Waals surface area contributed by atoms with E-state index in [1.54, 1.807) is 0 Å². The van der Waals surface area contributed by atoms with E-state index in [2.05, 4.69) is 6.92 Å². The predicted octanol–water partition coefficient (Wildman–Crippen LogP) is 4.88. The summed E-state index contributed by atoms with van der Waals surface area (Å²) in [5.74, 6) is 2.94. The first kappa shape index (κ1) is 22.0. The number of hydrogen-bond donors (Lipinski definition) is 2. The fourth-order valence-corrected chi connectivity index (χ4v) is 5.87. The summed E-state index contributed by atoms with van der Waals surface area (Å²) in [6, 6.07) is 0. The van der Waals surface area contributed by atoms with Gasteiger partial charge in [-0.05, 0) is 61.9 Å². The summed E-state index contributed by atoms with van der Waals surface area (Å²) in [6.07, 6.45) is 13.1. The summed E-state index contributed by atoms with van der Waals surface area (Å²) < 4.78 is 6.20. The van der Waals surface area contributed by atoms with Gasteiger partial charge in [0.2, 0.25) is 0 Å². The smallest absolute Gasteiger partial charge is 0.303 e. The van der Waals surface area contributed by atoms with Gasteiger partial charge in [-0.3, -0.25) is 4.79 Å². The lowest BCUT2D eigenvalue weighted by atomic mass is 9.77. The number of ether oxygens (including phenoxy) is 1. The Morgan fingerprint density at radius 1 is 1.08 bits per heavy atom. The van der Waals surface area contributed by atoms with Crippen LogP contribution in [0.3, 0.4) is 0 Å². The van der Waals surface area contributed by atoms with Gasteiger partial charge in [0.05, 0.1) is 18.3 Å². The highest BCUT2D eigenvalue weighted by Gasteiger charge is 2.47. The lowest BCUT2D eigenvalue weighted by Gasteiger charge is -2.28. The average Bonchev–Trinajstić information content (AvgIpc) is 3.21. The topological polar surface area (TPSA) is 66.8 Å². The van der Waals surface area contributed by atoms with E-state index in [0.29, 0.717) is 30.5 Å². The maximum Gasteiger partial charge on any atom is 0.303 e. The molecule has 2 aliphatic heterocycles. The molecule has 0 saturated carbocycles. The molecule has 26 heavy (non-hydrogen) atoms. The second-order valence-electron chi connectivity index (χ2n) is 8.12. The van der Waals surface area contributed by atoms with Crippen LogP contribution >= 0.6 is 11.8 Å². The van der Waals surface area contributed by atoms with E-state index in [4.69, 9.17) is 9.84 Å². The van der Waals surface area contributed by atoms with E-state index in [-0.39, 0.29) is 6.10 Å². The maximum atomic E-state index is 10.6. The summed E-state index contributed by atoms with van der Waals surface area (Å²) in [5, 5.41) is 18.7. The van der Waals surface area contributed by atoms with E-state index in [9.17, 15) is 9.90 Å². The lowest BCUT2D eigenvalue weighted by Crippen LogP contribution is -2.29. The quantitative estimate of drug-likeness (QED) is 0.393. The molecule has 0 amide bonds. The number of carboxylic acid groups (broad SMARTS) is 1. The van der Waals surface area contributed by atoms with E-state index >= 15 is 0 Å². The molecule has 1 unspecified atom stereocenters. The number of thioether (sulfide) groups is 1. The first-order chi connectivity index (χ1) is 12.6. The number of carbonyl (C=O) groups is 1. The zero-order valence-corrected chi connectivity index (χ0v) is 17.2. The third kappa shape index (κ3) is 7.40. The third-order valence-corrected chi connectivity index (χ3v) is 7.21. The SMILES string of the molecule is CCCCC(O)CCSC[C@H]1[C@@H](CCCCCCC(=O)O)[C@H]2CC[C@@H]1O2. The van der Waals surface area contributed by atoms with Crippen LogP contribution in [0.4, 0.5) is 0 Å². The third-order valence-electron chi connectivity index (χ3n) is 6.07. The molecule has 152 valence electrons. The first-order valence-electron chi connectivity index (χ1n) is 10.7. The minimum absolute atomic E-state index is 0.125. The van der Waals surface area contributed by atoms with E-state index in [1.807, 2.05) is 11.8 Å². The highest BCUT2D eigenvalue weighted by molar-refractivity contribution is 7.99. The van der Waals surface area contributed by atoms with Crippen molar-refractivity contribution >= 4 is 17.7 Å².